The van der Waals surface area contributed by atoms with Crippen molar-refractivity contribution < 1.29 is 19.1 Å². The molecule has 0 aliphatic carbocycles. The molecule has 0 saturated heterocycles. The summed E-state index contributed by atoms with van der Waals surface area (Å²) in [5.41, 5.74) is 1.50. The highest BCUT2D eigenvalue weighted by Gasteiger charge is 2.12. The highest BCUT2D eigenvalue weighted by atomic mass is 79.9. The van der Waals surface area contributed by atoms with Crippen LogP contribution in [0.2, 0.25) is 0 Å². The van der Waals surface area contributed by atoms with Crippen molar-refractivity contribution in [2.75, 3.05) is 0 Å². The van der Waals surface area contributed by atoms with Gasteiger partial charge in [0.2, 0.25) is 5.76 Å². The highest BCUT2D eigenvalue weighted by molar-refractivity contribution is 9.10. The number of nitrogens with one attached hydrogen (secondary N) is 1. The first-order valence-electron chi connectivity index (χ1n) is 5.83. The molecule has 1 heterocycles. The molecule has 6 heteroatoms. The number of rotatable bonds is 4. The molecule has 0 radical (unpaired) electrons. The van der Waals surface area contributed by atoms with E-state index >= 15 is 0 Å². The van der Waals surface area contributed by atoms with Crippen molar-refractivity contribution in [2.45, 2.75) is 13.5 Å². The van der Waals surface area contributed by atoms with E-state index in [9.17, 15) is 9.59 Å². The third-order valence-corrected chi connectivity index (χ3v) is 3.35. The third kappa shape index (κ3) is 3.27. The third-order valence-electron chi connectivity index (χ3n) is 2.66. The number of hydrogen-bond donors (Lipinski definition) is 2. The molecule has 0 unspecified atom stereocenters. The molecule has 0 saturated carbocycles. The molecule has 0 spiro atoms. The summed E-state index contributed by atoms with van der Waals surface area (Å²) in [7, 11) is 0. The summed E-state index contributed by atoms with van der Waals surface area (Å²) in [5.74, 6) is -1.15. The Kier molecular flexibility index (Phi) is 4.24. The van der Waals surface area contributed by atoms with Gasteiger partial charge in [0.05, 0.1) is 12.1 Å². The second-order valence-corrected chi connectivity index (χ2v) is 5.09. The molecule has 0 fully saturated rings. The van der Waals surface area contributed by atoms with Gasteiger partial charge in [0.25, 0.3) is 5.91 Å². The zero-order chi connectivity index (χ0) is 14.7. The zero-order valence-electron chi connectivity index (χ0n) is 10.6. The molecule has 1 amide bonds. The monoisotopic (exact) mass is 337 g/mol. The van der Waals surface area contributed by atoms with Crippen LogP contribution >= 0.6 is 15.9 Å². The number of benzene rings is 1. The molecular formula is C14H12BrNO4. The standard InChI is InChI=1S/C14H12BrNO4/c1-8-2-4-11(15)10(6-8)13(17)16-7-9-3-5-12(20-9)14(18)19/h2-6H,7H2,1H3,(H,16,17)(H,18,19). The van der Waals surface area contributed by atoms with Gasteiger partial charge in [-0.15, -0.1) is 0 Å². The molecule has 2 N–H and O–H groups in total. The van der Waals surface area contributed by atoms with Gasteiger partial charge in [0.1, 0.15) is 5.76 Å². The number of hydrogen-bond acceptors (Lipinski definition) is 3. The summed E-state index contributed by atoms with van der Waals surface area (Å²) in [6, 6.07) is 8.35. The van der Waals surface area contributed by atoms with E-state index in [1.54, 1.807) is 12.1 Å². The molecule has 2 rings (SSSR count). The molecule has 1 aromatic heterocycles. The summed E-state index contributed by atoms with van der Waals surface area (Å²) < 4.78 is 5.76. The van der Waals surface area contributed by atoms with Crippen LogP contribution in [-0.2, 0) is 6.54 Å². The highest BCUT2D eigenvalue weighted by Crippen LogP contribution is 2.18. The Morgan fingerprint density at radius 2 is 2.05 bits per heavy atom. The SMILES string of the molecule is Cc1ccc(Br)c(C(=O)NCc2ccc(C(=O)O)o2)c1. The van der Waals surface area contributed by atoms with Gasteiger partial charge in [0, 0.05) is 4.47 Å². The quantitative estimate of drug-likeness (QED) is 0.898. The average molecular weight is 338 g/mol. The first kappa shape index (κ1) is 14.3. The van der Waals surface area contributed by atoms with Crippen LogP contribution in [0, 0.1) is 6.92 Å². The summed E-state index contributed by atoms with van der Waals surface area (Å²) in [5, 5.41) is 11.4. The van der Waals surface area contributed by atoms with Crippen molar-refractivity contribution in [3.05, 3.63) is 57.5 Å². The van der Waals surface area contributed by atoms with E-state index in [2.05, 4.69) is 21.2 Å². The second-order valence-electron chi connectivity index (χ2n) is 4.24. The number of aromatic carboxylic acids is 1. The number of carboxylic acids is 1. The lowest BCUT2D eigenvalue weighted by molar-refractivity contribution is 0.0660. The van der Waals surface area contributed by atoms with Crippen LogP contribution in [0.3, 0.4) is 0 Å². The number of furan rings is 1. The lowest BCUT2D eigenvalue weighted by Crippen LogP contribution is -2.23. The average Bonchev–Trinajstić information content (AvgIpc) is 2.88. The Labute approximate surface area is 123 Å². The summed E-state index contributed by atoms with van der Waals surface area (Å²) in [4.78, 5) is 22.7. The van der Waals surface area contributed by atoms with E-state index in [1.807, 2.05) is 13.0 Å². The fraction of sp³-hybridized carbons (Fsp3) is 0.143. The van der Waals surface area contributed by atoms with Gasteiger partial charge in [-0.2, -0.15) is 0 Å². The maximum absolute atomic E-state index is 12.0. The summed E-state index contributed by atoms with van der Waals surface area (Å²) in [6.07, 6.45) is 0. The van der Waals surface area contributed by atoms with E-state index < -0.39 is 5.97 Å². The molecule has 104 valence electrons. The molecule has 5 nitrogen and oxygen atoms in total. The van der Waals surface area contributed by atoms with Gasteiger partial charge in [0.15, 0.2) is 0 Å². The van der Waals surface area contributed by atoms with Crippen molar-refractivity contribution in [3.8, 4) is 0 Å². The van der Waals surface area contributed by atoms with Crippen LogP contribution in [0.5, 0.6) is 0 Å². The van der Waals surface area contributed by atoms with E-state index in [0.717, 1.165) is 5.56 Å². The van der Waals surface area contributed by atoms with Crippen LogP contribution in [0.1, 0.15) is 32.2 Å². The van der Waals surface area contributed by atoms with Crippen LogP contribution in [-0.4, -0.2) is 17.0 Å². The van der Waals surface area contributed by atoms with E-state index in [1.165, 1.54) is 12.1 Å². The van der Waals surface area contributed by atoms with E-state index in [0.29, 0.717) is 15.8 Å². The molecule has 20 heavy (non-hydrogen) atoms. The fourth-order valence-electron chi connectivity index (χ4n) is 1.66. The number of carboxylic acid groups (broad SMARTS) is 1. The van der Waals surface area contributed by atoms with Crippen molar-refractivity contribution >= 4 is 27.8 Å². The summed E-state index contributed by atoms with van der Waals surface area (Å²) in [6.45, 7) is 2.03. The normalized spacial score (nSPS) is 10.3. The van der Waals surface area contributed by atoms with Crippen molar-refractivity contribution in [3.63, 3.8) is 0 Å². The maximum Gasteiger partial charge on any atom is 0.371 e. The topological polar surface area (TPSA) is 79.5 Å². The predicted molar refractivity (Wildman–Crippen MR) is 75.7 cm³/mol. The van der Waals surface area contributed by atoms with Gasteiger partial charge in [-0.1, -0.05) is 11.6 Å². The van der Waals surface area contributed by atoms with Crippen LogP contribution in [0.15, 0.2) is 39.2 Å². The first-order valence-corrected chi connectivity index (χ1v) is 6.63. The zero-order valence-corrected chi connectivity index (χ0v) is 12.2. The Balaban J connectivity index is 2.04. The largest absolute Gasteiger partial charge is 0.475 e. The molecule has 0 aliphatic rings. The first-order chi connectivity index (χ1) is 9.47. The number of halogens is 1. The Hall–Kier alpha value is -2.08. The number of amides is 1. The smallest absolute Gasteiger partial charge is 0.371 e. The summed E-state index contributed by atoms with van der Waals surface area (Å²) >= 11 is 3.32. The molecule has 0 aliphatic heterocycles. The van der Waals surface area contributed by atoms with Crippen LogP contribution in [0.4, 0.5) is 0 Å². The van der Waals surface area contributed by atoms with Crippen LogP contribution < -0.4 is 5.32 Å². The number of carbonyl (C=O) groups is 2. The number of aryl methyl sites for hydroxylation is 1. The van der Waals surface area contributed by atoms with Crippen molar-refractivity contribution in [1.82, 2.24) is 5.32 Å². The van der Waals surface area contributed by atoms with Crippen molar-refractivity contribution in [1.29, 1.82) is 0 Å². The number of carbonyl (C=O) groups excluding carboxylic acids is 1. The lowest BCUT2D eigenvalue weighted by Gasteiger charge is -2.06. The Bertz CT molecular complexity index is 663. The molecule has 0 bridgehead atoms. The lowest BCUT2D eigenvalue weighted by atomic mass is 10.1. The van der Waals surface area contributed by atoms with Gasteiger partial charge < -0.3 is 14.8 Å². The minimum atomic E-state index is -1.14. The minimum absolute atomic E-state index is 0.131. The Morgan fingerprint density at radius 1 is 1.30 bits per heavy atom. The van der Waals surface area contributed by atoms with Crippen LogP contribution in [0.25, 0.3) is 0 Å². The predicted octanol–water partition coefficient (Wildman–Crippen LogP) is 2.98. The van der Waals surface area contributed by atoms with E-state index in [-0.39, 0.29) is 18.2 Å². The van der Waals surface area contributed by atoms with Gasteiger partial charge in [-0.05, 0) is 47.1 Å². The molecule has 2 aromatic rings. The minimum Gasteiger partial charge on any atom is -0.475 e. The molecule has 1 aromatic carbocycles. The maximum atomic E-state index is 12.0. The van der Waals surface area contributed by atoms with E-state index in [4.69, 9.17) is 9.52 Å². The van der Waals surface area contributed by atoms with Crippen molar-refractivity contribution in [2.24, 2.45) is 0 Å². The Morgan fingerprint density at radius 3 is 2.70 bits per heavy atom. The fourth-order valence-corrected chi connectivity index (χ4v) is 2.09. The molecular weight excluding hydrogens is 326 g/mol. The second kappa shape index (κ2) is 5.92. The molecule has 0 atom stereocenters. The van der Waals surface area contributed by atoms with Gasteiger partial charge >= 0.3 is 5.97 Å². The van der Waals surface area contributed by atoms with Gasteiger partial charge in [-0.25, -0.2) is 4.79 Å². The van der Waals surface area contributed by atoms with Gasteiger partial charge in [-0.3, -0.25) is 4.79 Å².